The number of aliphatic hydroxyl groups excluding tert-OH is 2. The number of amides is 1. The van der Waals surface area contributed by atoms with Gasteiger partial charge >= 0.3 is 0 Å². The fourth-order valence-electron chi connectivity index (χ4n) is 6.33. The lowest BCUT2D eigenvalue weighted by atomic mass is 10.0. The summed E-state index contributed by atoms with van der Waals surface area (Å²) in [4.78, 5) is 12.3. The van der Waals surface area contributed by atoms with Crippen LogP contribution in [0.15, 0.2) is 36.5 Å². The summed E-state index contributed by atoms with van der Waals surface area (Å²) in [6.45, 7) is 4.28. The lowest BCUT2D eigenvalue weighted by Gasteiger charge is -2.20. The monoisotopic (exact) mass is 674 g/mol. The molecule has 0 aliphatic heterocycles. The summed E-state index contributed by atoms with van der Waals surface area (Å²) < 4.78 is 0. The second-order valence-corrected chi connectivity index (χ2v) is 14.4. The van der Waals surface area contributed by atoms with Crippen LogP contribution in [0.1, 0.15) is 219 Å². The van der Waals surface area contributed by atoms with Gasteiger partial charge in [-0.05, 0) is 51.4 Å². The first-order valence-electron chi connectivity index (χ1n) is 21.2. The number of carbonyl (C=O) groups excluding carboxylic acids is 1. The Bertz CT molecular complexity index is 731. The van der Waals surface area contributed by atoms with Crippen LogP contribution in [0.2, 0.25) is 0 Å². The third-order valence-electron chi connectivity index (χ3n) is 9.62. The van der Waals surface area contributed by atoms with Gasteiger partial charge in [0.05, 0.1) is 18.8 Å². The molecule has 4 nitrogen and oxygen atoms in total. The molecule has 0 aromatic rings. The maximum absolute atomic E-state index is 12.3. The van der Waals surface area contributed by atoms with Gasteiger partial charge in [-0.15, -0.1) is 0 Å². The van der Waals surface area contributed by atoms with Crippen LogP contribution >= 0.6 is 0 Å². The van der Waals surface area contributed by atoms with Gasteiger partial charge in [-0.2, -0.15) is 0 Å². The fraction of sp³-hybridized carbons (Fsp3) is 0.841. The molecular weight excluding hydrogens is 590 g/mol. The van der Waals surface area contributed by atoms with Crippen molar-refractivity contribution in [2.24, 2.45) is 0 Å². The lowest BCUT2D eigenvalue weighted by Crippen LogP contribution is -2.45. The molecular formula is C44H83NO3. The molecule has 48 heavy (non-hydrogen) atoms. The van der Waals surface area contributed by atoms with Crippen molar-refractivity contribution >= 4 is 5.91 Å². The zero-order valence-electron chi connectivity index (χ0n) is 32.3. The molecule has 2 unspecified atom stereocenters. The maximum atomic E-state index is 12.3. The third-order valence-corrected chi connectivity index (χ3v) is 9.62. The van der Waals surface area contributed by atoms with Crippen LogP contribution in [0.25, 0.3) is 0 Å². The smallest absolute Gasteiger partial charge is 0.220 e. The second-order valence-electron chi connectivity index (χ2n) is 14.4. The number of nitrogens with one attached hydrogen (secondary N) is 1. The van der Waals surface area contributed by atoms with Crippen LogP contribution < -0.4 is 5.32 Å². The highest BCUT2D eigenvalue weighted by Crippen LogP contribution is 2.14. The highest BCUT2D eigenvalue weighted by atomic mass is 16.3. The van der Waals surface area contributed by atoms with E-state index < -0.39 is 12.1 Å². The van der Waals surface area contributed by atoms with E-state index in [9.17, 15) is 15.0 Å². The normalized spacial score (nSPS) is 13.3. The average Bonchev–Trinajstić information content (AvgIpc) is 3.09. The summed E-state index contributed by atoms with van der Waals surface area (Å²) in [6.07, 6.45) is 52.6. The zero-order chi connectivity index (χ0) is 35.0. The highest BCUT2D eigenvalue weighted by molar-refractivity contribution is 5.76. The van der Waals surface area contributed by atoms with Gasteiger partial charge in [-0.1, -0.05) is 198 Å². The molecule has 0 aliphatic rings. The fourth-order valence-corrected chi connectivity index (χ4v) is 6.33. The molecule has 0 radical (unpaired) electrons. The summed E-state index contributed by atoms with van der Waals surface area (Å²) in [6, 6.07) is -0.620. The van der Waals surface area contributed by atoms with Gasteiger partial charge in [-0.3, -0.25) is 4.79 Å². The Morgan fingerprint density at radius 2 is 0.854 bits per heavy atom. The van der Waals surface area contributed by atoms with Crippen molar-refractivity contribution in [2.45, 2.75) is 231 Å². The quantitative estimate of drug-likeness (QED) is 0.0451. The van der Waals surface area contributed by atoms with E-state index in [1.54, 1.807) is 6.08 Å². The Morgan fingerprint density at radius 1 is 0.500 bits per heavy atom. The molecule has 1 amide bonds. The van der Waals surface area contributed by atoms with Gasteiger partial charge in [0, 0.05) is 6.42 Å². The topological polar surface area (TPSA) is 69.6 Å². The van der Waals surface area contributed by atoms with E-state index in [0.717, 1.165) is 32.1 Å². The molecule has 0 saturated heterocycles. The molecule has 282 valence electrons. The zero-order valence-corrected chi connectivity index (χ0v) is 32.3. The van der Waals surface area contributed by atoms with Crippen molar-refractivity contribution in [2.75, 3.05) is 6.61 Å². The minimum atomic E-state index is -0.836. The van der Waals surface area contributed by atoms with E-state index in [1.165, 1.54) is 167 Å². The van der Waals surface area contributed by atoms with Gasteiger partial charge in [0.1, 0.15) is 0 Å². The Balaban J connectivity index is 3.50. The summed E-state index contributed by atoms with van der Waals surface area (Å²) in [7, 11) is 0. The van der Waals surface area contributed by atoms with Gasteiger partial charge < -0.3 is 15.5 Å². The Kier molecular flexibility index (Phi) is 38.9. The molecule has 0 saturated carbocycles. The minimum absolute atomic E-state index is 0.0690. The largest absolute Gasteiger partial charge is 0.394 e. The van der Waals surface area contributed by atoms with Crippen LogP contribution in [0.5, 0.6) is 0 Å². The van der Waals surface area contributed by atoms with Gasteiger partial charge in [0.2, 0.25) is 5.91 Å². The van der Waals surface area contributed by atoms with E-state index >= 15 is 0 Å². The molecule has 0 spiro atoms. The van der Waals surface area contributed by atoms with Crippen LogP contribution in [0, 0.1) is 0 Å². The van der Waals surface area contributed by atoms with Gasteiger partial charge in [-0.25, -0.2) is 0 Å². The number of aliphatic hydroxyl groups is 2. The Hall–Kier alpha value is -1.39. The van der Waals surface area contributed by atoms with E-state index in [4.69, 9.17) is 0 Å². The first-order valence-corrected chi connectivity index (χ1v) is 21.2. The predicted octanol–water partition coefficient (Wildman–Crippen LogP) is 13.0. The predicted molar refractivity (Wildman–Crippen MR) is 212 cm³/mol. The Labute approximate surface area is 300 Å². The van der Waals surface area contributed by atoms with Crippen molar-refractivity contribution in [1.29, 1.82) is 0 Å². The van der Waals surface area contributed by atoms with E-state index in [1.807, 2.05) is 6.08 Å². The van der Waals surface area contributed by atoms with E-state index in [2.05, 4.69) is 43.5 Å². The third kappa shape index (κ3) is 35.9. The average molecular weight is 674 g/mol. The standard InChI is InChI=1S/C44H83NO3/c1-3-5-7-9-11-13-14-15-16-17-18-19-20-21-22-23-24-25-26-27-28-29-30-32-34-36-38-40-44(48)45-42(41-46)43(47)39-37-35-33-31-12-10-8-6-4-2/h18-19,21-22,37,39,42-43,46-47H,3-17,20,23-36,38,40-41H2,1-2H3,(H,45,48)/b19-18-,22-21-,39-37+. The number of carbonyl (C=O) groups is 1. The van der Waals surface area contributed by atoms with E-state index in [0.29, 0.717) is 6.42 Å². The molecule has 0 aliphatic carbocycles. The molecule has 0 aromatic heterocycles. The summed E-state index contributed by atoms with van der Waals surface area (Å²) in [5.74, 6) is -0.0690. The summed E-state index contributed by atoms with van der Waals surface area (Å²) in [5, 5.41) is 22.8. The number of rotatable bonds is 38. The van der Waals surface area contributed by atoms with Crippen molar-refractivity contribution in [3.8, 4) is 0 Å². The van der Waals surface area contributed by atoms with Gasteiger partial charge in [0.25, 0.3) is 0 Å². The number of allylic oxidation sites excluding steroid dienone is 5. The SMILES string of the molecule is CCCCCCCCC/C=C/C(O)C(CO)NC(=O)CCCCCCCCCCCCC/C=C\C/C=C\CCCCCCCCCCC. The summed E-state index contributed by atoms with van der Waals surface area (Å²) >= 11 is 0. The van der Waals surface area contributed by atoms with Crippen molar-refractivity contribution < 1.29 is 15.0 Å². The molecule has 0 heterocycles. The molecule has 0 fully saturated rings. The Morgan fingerprint density at radius 3 is 1.25 bits per heavy atom. The lowest BCUT2D eigenvalue weighted by molar-refractivity contribution is -0.123. The first kappa shape index (κ1) is 46.6. The molecule has 0 aromatic carbocycles. The van der Waals surface area contributed by atoms with Crippen LogP contribution in [0.4, 0.5) is 0 Å². The highest BCUT2D eigenvalue weighted by Gasteiger charge is 2.17. The van der Waals surface area contributed by atoms with E-state index in [-0.39, 0.29) is 12.5 Å². The van der Waals surface area contributed by atoms with Crippen LogP contribution in [-0.4, -0.2) is 34.9 Å². The van der Waals surface area contributed by atoms with Crippen LogP contribution in [0.3, 0.4) is 0 Å². The summed E-state index contributed by atoms with van der Waals surface area (Å²) in [5.41, 5.74) is 0. The molecule has 0 rings (SSSR count). The maximum Gasteiger partial charge on any atom is 0.220 e. The molecule has 3 N–H and O–H groups in total. The van der Waals surface area contributed by atoms with Crippen molar-refractivity contribution in [3.63, 3.8) is 0 Å². The van der Waals surface area contributed by atoms with Crippen LogP contribution in [-0.2, 0) is 4.79 Å². The number of hydrogen-bond donors (Lipinski definition) is 3. The first-order chi connectivity index (χ1) is 23.7. The molecule has 2 atom stereocenters. The molecule has 4 heteroatoms. The number of hydrogen-bond acceptors (Lipinski definition) is 3. The number of unbranched alkanes of at least 4 members (excludes halogenated alkanes) is 27. The minimum Gasteiger partial charge on any atom is -0.394 e. The van der Waals surface area contributed by atoms with Gasteiger partial charge in [0.15, 0.2) is 0 Å². The van der Waals surface area contributed by atoms with Crippen molar-refractivity contribution in [1.82, 2.24) is 5.32 Å². The second kappa shape index (κ2) is 40.0. The van der Waals surface area contributed by atoms with Crippen molar-refractivity contribution in [3.05, 3.63) is 36.5 Å². The molecule has 0 bridgehead atoms.